The Morgan fingerprint density at radius 1 is 1.50 bits per heavy atom. The number of hydrogen-bond donors (Lipinski definition) is 1. The molecule has 0 bridgehead atoms. The highest BCUT2D eigenvalue weighted by molar-refractivity contribution is 4.95. The average Bonchev–Trinajstić information content (AvgIpc) is 1.83. The predicted octanol–water partition coefficient (Wildman–Crippen LogP) is 1.91. The van der Waals surface area contributed by atoms with Crippen molar-refractivity contribution < 1.29 is 0 Å². The lowest BCUT2D eigenvalue weighted by Gasteiger charge is -2.02. The first kappa shape index (κ1) is 7.54. The molecule has 0 aliphatic carbocycles. The van der Waals surface area contributed by atoms with E-state index in [0.29, 0.717) is 0 Å². The fraction of sp³-hybridized carbons (Fsp3) is 0.714. The highest BCUT2D eigenvalue weighted by Crippen LogP contribution is 1.92. The minimum Gasteiger partial charge on any atom is -0.389 e. The van der Waals surface area contributed by atoms with Gasteiger partial charge >= 0.3 is 0 Å². The maximum Gasteiger partial charge on any atom is 0.0115 e. The summed E-state index contributed by atoms with van der Waals surface area (Å²) in [7, 11) is 0. The van der Waals surface area contributed by atoms with Gasteiger partial charge in [0.25, 0.3) is 0 Å². The molecule has 0 saturated heterocycles. The lowest BCUT2D eigenvalue weighted by atomic mass is 10.3. The predicted molar refractivity (Wildman–Crippen MR) is 37.7 cm³/mol. The van der Waals surface area contributed by atoms with Gasteiger partial charge in [0.2, 0.25) is 0 Å². The van der Waals surface area contributed by atoms with Crippen molar-refractivity contribution in [2.75, 3.05) is 6.54 Å². The van der Waals surface area contributed by atoms with E-state index in [0.717, 1.165) is 13.0 Å². The number of allylic oxidation sites excluding steroid dienone is 2. The second-order valence-corrected chi connectivity index (χ2v) is 1.70. The van der Waals surface area contributed by atoms with Gasteiger partial charge in [-0.2, -0.15) is 0 Å². The standard InChI is InChI=1S/C7H15N/c1-4-7(5-2)8-6-3/h4,8H,5-6H2,1-3H3. The summed E-state index contributed by atoms with van der Waals surface area (Å²) in [6.07, 6.45) is 3.23. The Kier molecular flexibility index (Phi) is 4.42. The van der Waals surface area contributed by atoms with Gasteiger partial charge in [-0.05, 0) is 20.3 Å². The smallest absolute Gasteiger partial charge is 0.0115 e. The summed E-state index contributed by atoms with van der Waals surface area (Å²) < 4.78 is 0. The summed E-state index contributed by atoms with van der Waals surface area (Å²) in [4.78, 5) is 0. The average molecular weight is 113 g/mol. The Labute approximate surface area is 51.8 Å². The third-order valence-corrected chi connectivity index (χ3v) is 1.13. The minimum atomic E-state index is 1.04. The van der Waals surface area contributed by atoms with Gasteiger partial charge in [-0.25, -0.2) is 0 Å². The van der Waals surface area contributed by atoms with Crippen molar-refractivity contribution in [3.05, 3.63) is 11.8 Å². The van der Waals surface area contributed by atoms with Crippen LogP contribution in [0.1, 0.15) is 27.2 Å². The van der Waals surface area contributed by atoms with Crippen molar-refractivity contribution in [3.63, 3.8) is 0 Å². The molecule has 0 fully saturated rings. The van der Waals surface area contributed by atoms with Crippen LogP contribution in [0.4, 0.5) is 0 Å². The van der Waals surface area contributed by atoms with E-state index < -0.39 is 0 Å². The maximum atomic E-state index is 3.24. The van der Waals surface area contributed by atoms with E-state index in [1.807, 2.05) is 0 Å². The fourth-order valence-electron chi connectivity index (χ4n) is 0.658. The summed E-state index contributed by atoms with van der Waals surface area (Å²) in [5.41, 5.74) is 1.34. The third kappa shape index (κ3) is 2.67. The Hall–Kier alpha value is -0.460. The van der Waals surface area contributed by atoms with Crippen LogP contribution in [0.5, 0.6) is 0 Å². The van der Waals surface area contributed by atoms with E-state index in [1.165, 1.54) is 5.70 Å². The van der Waals surface area contributed by atoms with Crippen LogP contribution in [0.2, 0.25) is 0 Å². The van der Waals surface area contributed by atoms with Gasteiger partial charge in [0.05, 0.1) is 0 Å². The molecule has 0 aromatic carbocycles. The third-order valence-electron chi connectivity index (χ3n) is 1.13. The Morgan fingerprint density at radius 3 is 2.25 bits per heavy atom. The van der Waals surface area contributed by atoms with Crippen molar-refractivity contribution >= 4 is 0 Å². The number of rotatable bonds is 3. The van der Waals surface area contributed by atoms with Crippen LogP contribution in [-0.2, 0) is 0 Å². The SMILES string of the molecule is CC=C(CC)NCC. The van der Waals surface area contributed by atoms with E-state index in [2.05, 4.69) is 32.2 Å². The van der Waals surface area contributed by atoms with E-state index >= 15 is 0 Å². The van der Waals surface area contributed by atoms with Crippen LogP contribution in [0, 0.1) is 0 Å². The molecule has 0 aliphatic rings. The second kappa shape index (κ2) is 4.69. The Morgan fingerprint density at radius 2 is 2.12 bits per heavy atom. The van der Waals surface area contributed by atoms with Crippen LogP contribution in [0.25, 0.3) is 0 Å². The van der Waals surface area contributed by atoms with Crippen molar-refractivity contribution in [2.45, 2.75) is 27.2 Å². The van der Waals surface area contributed by atoms with Crippen molar-refractivity contribution in [3.8, 4) is 0 Å². The van der Waals surface area contributed by atoms with Crippen molar-refractivity contribution in [1.29, 1.82) is 0 Å². The molecule has 1 heteroatoms. The van der Waals surface area contributed by atoms with E-state index in [1.54, 1.807) is 0 Å². The van der Waals surface area contributed by atoms with Gasteiger partial charge in [0, 0.05) is 12.2 Å². The molecular formula is C7H15N. The monoisotopic (exact) mass is 113 g/mol. The first-order valence-corrected chi connectivity index (χ1v) is 3.24. The summed E-state index contributed by atoms with van der Waals surface area (Å²) >= 11 is 0. The molecule has 8 heavy (non-hydrogen) atoms. The first-order chi connectivity index (χ1) is 3.85. The molecule has 0 atom stereocenters. The van der Waals surface area contributed by atoms with Gasteiger partial charge in [-0.3, -0.25) is 0 Å². The Balaban J connectivity index is 3.38. The highest BCUT2D eigenvalue weighted by Gasteiger charge is 1.83. The van der Waals surface area contributed by atoms with Crippen molar-refractivity contribution in [2.24, 2.45) is 0 Å². The zero-order valence-electron chi connectivity index (χ0n) is 5.99. The van der Waals surface area contributed by atoms with E-state index in [4.69, 9.17) is 0 Å². The topological polar surface area (TPSA) is 12.0 Å². The molecule has 0 spiro atoms. The van der Waals surface area contributed by atoms with Gasteiger partial charge in [0.15, 0.2) is 0 Å². The molecule has 1 nitrogen and oxygen atoms in total. The molecule has 0 radical (unpaired) electrons. The molecule has 0 aromatic heterocycles. The maximum absolute atomic E-state index is 3.24. The highest BCUT2D eigenvalue weighted by atomic mass is 14.9. The number of nitrogens with one attached hydrogen (secondary N) is 1. The molecule has 0 aromatic rings. The van der Waals surface area contributed by atoms with Gasteiger partial charge in [-0.15, -0.1) is 0 Å². The zero-order chi connectivity index (χ0) is 6.41. The summed E-state index contributed by atoms with van der Waals surface area (Å²) in [6.45, 7) is 7.35. The van der Waals surface area contributed by atoms with Gasteiger partial charge in [-0.1, -0.05) is 13.0 Å². The summed E-state index contributed by atoms with van der Waals surface area (Å²) in [5, 5.41) is 3.24. The molecule has 0 aliphatic heterocycles. The second-order valence-electron chi connectivity index (χ2n) is 1.70. The van der Waals surface area contributed by atoms with Crippen LogP contribution >= 0.6 is 0 Å². The van der Waals surface area contributed by atoms with Crippen LogP contribution in [0.15, 0.2) is 11.8 Å². The van der Waals surface area contributed by atoms with Crippen LogP contribution < -0.4 is 5.32 Å². The number of hydrogen-bond acceptors (Lipinski definition) is 1. The lowest BCUT2D eigenvalue weighted by molar-refractivity contribution is 0.804. The molecule has 0 amide bonds. The Bertz CT molecular complexity index is 74.5. The molecule has 0 rings (SSSR count). The van der Waals surface area contributed by atoms with Gasteiger partial charge in [0.1, 0.15) is 0 Å². The van der Waals surface area contributed by atoms with Crippen LogP contribution in [-0.4, -0.2) is 6.54 Å². The van der Waals surface area contributed by atoms with Crippen LogP contribution in [0.3, 0.4) is 0 Å². The van der Waals surface area contributed by atoms with E-state index in [9.17, 15) is 0 Å². The summed E-state index contributed by atoms with van der Waals surface area (Å²) in [5.74, 6) is 0. The lowest BCUT2D eigenvalue weighted by Crippen LogP contribution is -2.10. The fourth-order valence-corrected chi connectivity index (χ4v) is 0.658. The van der Waals surface area contributed by atoms with E-state index in [-0.39, 0.29) is 0 Å². The largest absolute Gasteiger partial charge is 0.389 e. The summed E-state index contributed by atoms with van der Waals surface area (Å²) in [6, 6.07) is 0. The molecule has 0 unspecified atom stereocenters. The van der Waals surface area contributed by atoms with Gasteiger partial charge < -0.3 is 5.32 Å². The first-order valence-electron chi connectivity index (χ1n) is 3.24. The molecule has 0 saturated carbocycles. The minimum absolute atomic E-state index is 1.04. The van der Waals surface area contributed by atoms with Crippen molar-refractivity contribution in [1.82, 2.24) is 5.32 Å². The zero-order valence-corrected chi connectivity index (χ0v) is 5.99. The molecule has 48 valence electrons. The quantitative estimate of drug-likeness (QED) is 0.589. The molecule has 1 N–H and O–H groups in total. The normalized spacial score (nSPS) is 11.6. The molecular weight excluding hydrogens is 98.1 g/mol. The molecule has 0 heterocycles.